The zero-order valence-corrected chi connectivity index (χ0v) is 21.8. The van der Waals surface area contributed by atoms with Crippen molar-refractivity contribution >= 4 is 48.1 Å². The first-order valence-corrected chi connectivity index (χ1v) is 14.9. The van der Waals surface area contributed by atoms with Crippen molar-refractivity contribution in [2.24, 2.45) is 5.92 Å². The van der Waals surface area contributed by atoms with Crippen LogP contribution in [0.5, 0.6) is 0 Å². The van der Waals surface area contributed by atoms with E-state index in [-0.39, 0.29) is 63.7 Å². The Hall–Kier alpha value is -2.79. The highest BCUT2D eigenvalue weighted by Crippen LogP contribution is 2.34. The van der Waals surface area contributed by atoms with Crippen LogP contribution < -0.4 is 5.32 Å². The van der Waals surface area contributed by atoms with Crippen LogP contribution in [-0.4, -0.2) is 59.0 Å². The second-order valence-corrected chi connectivity index (χ2v) is 12.9. The zero-order valence-electron chi connectivity index (χ0n) is 19.4. The Balaban J connectivity index is 1.74. The molecule has 0 aliphatic carbocycles. The largest absolute Gasteiger partial charge is 0.462 e. The van der Waals surface area contributed by atoms with Crippen LogP contribution in [0.3, 0.4) is 0 Å². The summed E-state index contributed by atoms with van der Waals surface area (Å²) in [4.78, 5) is 24.7. The van der Waals surface area contributed by atoms with E-state index in [0.717, 1.165) is 17.6 Å². The van der Waals surface area contributed by atoms with E-state index in [2.05, 4.69) is 5.32 Å². The van der Waals surface area contributed by atoms with Gasteiger partial charge < -0.3 is 10.1 Å². The van der Waals surface area contributed by atoms with Gasteiger partial charge in [0.2, 0.25) is 15.9 Å². The molecule has 35 heavy (non-hydrogen) atoms. The minimum atomic E-state index is -4.08. The van der Waals surface area contributed by atoms with Gasteiger partial charge in [0.05, 0.1) is 17.1 Å². The number of rotatable bonds is 7. The van der Waals surface area contributed by atoms with Gasteiger partial charge in [-0.3, -0.25) is 4.79 Å². The summed E-state index contributed by atoms with van der Waals surface area (Å²) in [6, 6.07) is 7.43. The number of nitrogens with zero attached hydrogens (tertiary/aromatic N) is 2. The molecule has 2 aromatic rings. The minimum Gasteiger partial charge on any atom is -0.462 e. The van der Waals surface area contributed by atoms with Crippen molar-refractivity contribution in [1.29, 1.82) is 5.26 Å². The number of carbonyl (C=O) groups excluding carboxylic acids is 2. The van der Waals surface area contributed by atoms with Crippen molar-refractivity contribution in [3.63, 3.8) is 0 Å². The molecule has 1 N–H and O–H groups in total. The van der Waals surface area contributed by atoms with Gasteiger partial charge >= 0.3 is 5.97 Å². The second-order valence-electron chi connectivity index (χ2n) is 7.98. The standard InChI is InChI=1S/C22H25N3O7S3/c1-4-32-22(27)19-14(2)16(13-23)21(33-19)24-20(26)15-9-11-25(12-10-15)35(30,31)18-8-6-5-7-17(18)34(3,28)29/h5-8,15H,4,9-12H2,1-3H3,(H,24,26). The van der Waals surface area contributed by atoms with Crippen LogP contribution in [0.1, 0.15) is 40.6 Å². The number of sulfone groups is 1. The van der Waals surface area contributed by atoms with Gasteiger partial charge in [-0.25, -0.2) is 21.6 Å². The van der Waals surface area contributed by atoms with Gasteiger partial charge in [0.1, 0.15) is 20.8 Å². The lowest BCUT2D eigenvalue weighted by molar-refractivity contribution is -0.120. The van der Waals surface area contributed by atoms with Crippen molar-refractivity contribution in [2.45, 2.75) is 36.5 Å². The maximum atomic E-state index is 13.1. The molecule has 13 heteroatoms. The summed E-state index contributed by atoms with van der Waals surface area (Å²) < 4.78 is 56.6. The molecule has 1 aromatic heterocycles. The van der Waals surface area contributed by atoms with E-state index in [1.54, 1.807) is 13.8 Å². The number of thiophene rings is 1. The molecule has 188 valence electrons. The smallest absolute Gasteiger partial charge is 0.348 e. The molecule has 1 saturated heterocycles. The first-order valence-electron chi connectivity index (χ1n) is 10.7. The number of amides is 1. The number of ether oxygens (including phenoxy) is 1. The minimum absolute atomic E-state index is 0.0289. The normalized spacial score (nSPS) is 15.4. The molecule has 1 amide bonds. The number of hydrogen-bond acceptors (Lipinski definition) is 9. The average molecular weight is 540 g/mol. The third-order valence-corrected chi connectivity index (χ3v) is 10.1. The van der Waals surface area contributed by atoms with E-state index in [4.69, 9.17) is 4.74 Å². The van der Waals surface area contributed by atoms with Crippen LogP contribution in [0.25, 0.3) is 0 Å². The van der Waals surface area contributed by atoms with E-state index in [1.165, 1.54) is 28.6 Å². The number of carbonyl (C=O) groups is 2. The fraction of sp³-hybridized carbons (Fsp3) is 0.409. The van der Waals surface area contributed by atoms with Gasteiger partial charge in [-0.2, -0.15) is 9.57 Å². The predicted octanol–water partition coefficient (Wildman–Crippen LogP) is 2.55. The number of sulfonamides is 1. The summed E-state index contributed by atoms with van der Waals surface area (Å²) in [5.74, 6) is -1.47. The van der Waals surface area contributed by atoms with E-state index < -0.39 is 31.7 Å². The van der Waals surface area contributed by atoms with Gasteiger partial charge in [0.25, 0.3) is 0 Å². The van der Waals surface area contributed by atoms with Crippen LogP contribution in [0.15, 0.2) is 34.1 Å². The van der Waals surface area contributed by atoms with E-state index in [1.807, 2.05) is 6.07 Å². The summed E-state index contributed by atoms with van der Waals surface area (Å²) in [5.41, 5.74) is 0.612. The highest BCUT2D eigenvalue weighted by atomic mass is 32.2. The number of anilines is 1. The topological polar surface area (TPSA) is 151 Å². The number of hydrogen-bond donors (Lipinski definition) is 1. The Morgan fingerprint density at radius 1 is 1.17 bits per heavy atom. The van der Waals surface area contributed by atoms with Crippen molar-refractivity contribution in [3.8, 4) is 6.07 Å². The van der Waals surface area contributed by atoms with Crippen molar-refractivity contribution in [2.75, 3.05) is 31.3 Å². The lowest BCUT2D eigenvalue weighted by Crippen LogP contribution is -2.41. The molecule has 0 unspecified atom stereocenters. The van der Waals surface area contributed by atoms with Crippen LogP contribution in [0.2, 0.25) is 0 Å². The molecule has 0 bridgehead atoms. The van der Waals surface area contributed by atoms with Crippen LogP contribution in [-0.2, 0) is 29.4 Å². The molecule has 0 spiro atoms. The van der Waals surface area contributed by atoms with Gasteiger partial charge in [0.15, 0.2) is 9.84 Å². The van der Waals surface area contributed by atoms with Crippen LogP contribution in [0.4, 0.5) is 5.00 Å². The highest BCUT2D eigenvalue weighted by Gasteiger charge is 2.35. The Morgan fingerprint density at radius 3 is 2.31 bits per heavy atom. The van der Waals surface area contributed by atoms with Crippen molar-refractivity contribution < 1.29 is 31.2 Å². The van der Waals surface area contributed by atoms with Crippen LogP contribution in [0, 0.1) is 24.2 Å². The molecule has 0 radical (unpaired) electrons. The second kappa shape index (κ2) is 10.4. The first kappa shape index (κ1) is 26.8. The molecule has 1 aliphatic rings. The molecule has 1 aliphatic heterocycles. The van der Waals surface area contributed by atoms with E-state index in [0.29, 0.717) is 5.56 Å². The third-order valence-electron chi connectivity index (χ3n) is 5.65. The predicted molar refractivity (Wildman–Crippen MR) is 129 cm³/mol. The number of piperidine rings is 1. The number of nitriles is 1. The molecule has 1 fully saturated rings. The summed E-state index contributed by atoms with van der Waals surface area (Å²) in [7, 11) is -7.84. The quantitative estimate of drug-likeness (QED) is 0.527. The summed E-state index contributed by atoms with van der Waals surface area (Å²) >= 11 is 0.965. The fourth-order valence-corrected chi connectivity index (χ4v) is 7.93. The van der Waals surface area contributed by atoms with E-state index in [9.17, 15) is 31.7 Å². The molecule has 2 heterocycles. The first-order chi connectivity index (χ1) is 16.4. The Labute approximate surface area is 208 Å². The lowest BCUT2D eigenvalue weighted by Gasteiger charge is -2.30. The number of esters is 1. The van der Waals surface area contributed by atoms with Gasteiger partial charge in [-0.1, -0.05) is 12.1 Å². The molecule has 3 rings (SSSR count). The van der Waals surface area contributed by atoms with Gasteiger partial charge in [0, 0.05) is 25.3 Å². The fourth-order valence-electron chi connectivity index (χ4n) is 3.81. The Bertz CT molecular complexity index is 1400. The Kier molecular flexibility index (Phi) is 8.00. The van der Waals surface area contributed by atoms with E-state index >= 15 is 0 Å². The van der Waals surface area contributed by atoms with Gasteiger partial charge in [-0.15, -0.1) is 11.3 Å². The average Bonchev–Trinajstić information content (AvgIpc) is 3.13. The number of nitrogens with one attached hydrogen (secondary N) is 1. The number of benzene rings is 1. The Morgan fingerprint density at radius 2 is 1.77 bits per heavy atom. The highest BCUT2D eigenvalue weighted by molar-refractivity contribution is 7.93. The maximum absolute atomic E-state index is 13.1. The molecule has 10 nitrogen and oxygen atoms in total. The van der Waals surface area contributed by atoms with Gasteiger partial charge in [-0.05, 0) is 44.4 Å². The molecule has 0 saturated carbocycles. The lowest BCUT2D eigenvalue weighted by atomic mass is 9.97. The monoisotopic (exact) mass is 539 g/mol. The molecule has 1 aromatic carbocycles. The molecule has 0 atom stereocenters. The maximum Gasteiger partial charge on any atom is 0.348 e. The third kappa shape index (κ3) is 5.56. The van der Waals surface area contributed by atoms with Crippen LogP contribution >= 0.6 is 11.3 Å². The zero-order chi connectivity index (χ0) is 26.0. The van der Waals surface area contributed by atoms with Crippen molar-refractivity contribution in [3.05, 3.63) is 40.3 Å². The summed E-state index contributed by atoms with van der Waals surface area (Å²) in [6.45, 7) is 3.51. The van der Waals surface area contributed by atoms with Crippen molar-refractivity contribution in [1.82, 2.24) is 4.31 Å². The SMILES string of the molecule is CCOC(=O)c1sc(NC(=O)C2CCN(S(=O)(=O)c3ccccc3S(C)(=O)=O)CC2)c(C#N)c1C. The summed E-state index contributed by atoms with van der Waals surface area (Å²) in [5, 5.41) is 12.4. The summed E-state index contributed by atoms with van der Waals surface area (Å²) in [6.07, 6.45) is 1.37. The molecular weight excluding hydrogens is 514 g/mol. The molecular formula is C22H25N3O7S3.